The highest BCUT2D eigenvalue weighted by Gasteiger charge is 2.08. The Balaban J connectivity index is 2.09. The van der Waals surface area contributed by atoms with Crippen LogP contribution in [0.15, 0.2) is 41.1 Å². The van der Waals surface area contributed by atoms with Crippen molar-refractivity contribution in [2.75, 3.05) is 5.32 Å². The van der Waals surface area contributed by atoms with Gasteiger partial charge in [-0.15, -0.1) is 0 Å². The summed E-state index contributed by atoms with van der Waals surface area (Å²) in [7, 11) is 0. The molecule has 0 spiro atoms. The van der Waals surface area contributed by atoms with E-state index in [4.69, 9.17) is 16.0 Å². The number of anilines is 1. The van der Waals surface area contributed by atoms with Gasteiger partial charge in [-0.1, -0.05) is 11.6 Å². The standard InChI is InChI=1S/C10H7ClN2O2/c11-9-4-3-7(6-12-9)13-10(14)8-2-1-5-15-8/h1-6H,(H,13,14). The predicted molar refractivity (Wildman–Crippen MR) is 55.9 cm³/mol. The molecule has 1 amide bonds. The minimum absolute atomic E-state index is 0.255. The Bertz CT molecular complexity index is 451. The van der Waals surface area contributed by atoms with Gasteiger partial charge in [0.15, 0.2) is 5.76 Å². The Labute approximate surface area is 90.9 Å². The molecule has 0 atom stereocenters. The van der Waals surface area contributed by atoms with Gasteiger partial charge in [-0.05, 0) is 24.3 Å². The molecule has 0 aromatic carbocycles. The lowest BCUT2D eigenvalue weighted by Crippen LogP contribution is -2.10. The number of hydrogen-bond donors (Lipinski definition) is 1. The van der Waals surface area contributed by atoms with Crippen molar-refractivity contribution in [3.05, 3.63) is 47.6 Å². The average Bonchev–Trinajstić information content (AvgIpc) is 2.74. The lowest BCUT2D eigenvalue weighted by atomic mass is 10.4. The highest BCUT2D eigenvalue weighted by molar-refractivity contribution is 6.29. The fourth-order valence-corrected chi connectivity index (χ4v) is 1.16. The Morgan fingerprint density at radius 1 is 1.40 bits per heavy atom. The van der Waals surface area contributed by atoms with E-state index >= 15 is 0 Å². The van der Waals surface area contributed by atoms with Crippen molar-refractivity contribution >= 4 is 23.2 Å². The van der Waals surface area contributed by atoms with E-state index in [1.807, 2.05) is 0 Å². The molecule has 5 heteroatoms. The predicted octanol–water partition coefficient (Wildman–Crippen LogP) is 2.58. The van der Waals surface area contributed by atoms with Crippen LogP contribution in [-0.4, -0.2) is 10.9 Å². The van der Waals surface area contributed by atoms with E-state index in [1.54, 1.807) is 24.3 Å². The second-order valence-corrected chi connectivity index (χ2v) is 3.19. The van der Waals surface area contributed by atoms with Crippen LogP contribution in [0.4, 0.5) is 5.69 Å². The topological polar surface area (TPSA) is 55.1 Å². The number of furan rings is 1. The van der Waals surface area contributed by atoms with Crippen LogP contribution in [0.5, 0.6) is 0 Å². The molecule has 0 aliphatic rings. The SMILES string of the molecule is O=C(Nc1ccc(Cl)nc1)c1ccco1. The second kappa shape index (κ2) is 4.14. The molecule has 2 heterocycles. The summed E-state index contributed by atoms with van der Waals surface area (Å²) in [6.07, 6.45) is 2.91. The molecule has 0 saturated heterocycles. The van der Waals surface area contributed by atoms with Crippen LogP contribution in [0.3, 0.4) is 0 Å². The van der Waals surface area contributed by atoms with Gasteiger partial charge in [0.05, 0.1) is 18.1 Å². The fourth-order valence-electron chi connectivity index (χ4n) is 1.05. The van der Waals surface area contributed by atoms with Crippen LogP contribution in [0, 0.1) is 0 Å². The van der Waals surface area contributed by atoms with Crippen molar-refractivity contribution < 1.29 is 9.21 Å². The zero-order valence-corrected chi connectivity index (χ0v) is 8.36. The maximum atomic E-state index is 11.5. The second-order valence-electron chi connectivity index (χ2n) is 2.80. The van der Waals surface area contributed by atoms with Gasteiger partial charge in [-0.25, -0.2) is 4.98 Å². The van der Waals surface area contributed by atoms with Crippen LogP contribution in [-0.2, 0) is 0 Å². The molecule has 0 radical (unpaired) electrons. The van der Waals surface area contributed by atoms with Crippen molar-refractivity contribution in [1.29, 1.82) is 0 Å². The first kappa shape index (κ1) is 9.73. The van der Waals surface area contributed by atoms with E-state index in [2.05, 4.69) is 10.3 Å². The van der Waals surface area contributed by atoms with Gasteiger partial charge in [0.25, 0.3) is 5.91 Å². The van der Waals surface area contributed by atoms with E-state index in [1.165, 1.54) is 12.5 Å². The van der Waals surface area contributed by atoms with Crippen LogP contribution >= 0.6 is 11.6 Å². The van der Waals surface area contributed by atoms with Gasteiger partial charge in [0, 0.05) is 0 Å². The van der Waals surface area contributed by atoms with Crippen molar-refractivity contribution in [3.63, 3.8) is 0 Å². The number of halogens is 1. The number of carbonyl (C=O) groups excluding carboxylic acids is 1. The minimum atomic E-state index is -0.316. The summed E-state index contributed by atoms with van der Waals surface area (Å²) >= 11 is 5.61. The normalized spacial score (nSPS) is 9.93. The molecule has 0 fully saturated rings. The van der Waals surface area contributed by atoms with Crippen LogP contribution in [0.25, 0.3) is 0 Å². The highest BCUT2D eigenvalue weighted by atomic mass is 35.5. The number of carbonyl (C=O) groups is 1. The summed E-state index contributed by atoms with van der Waals surface area (Å²) in [5, 5.41) is 3.00. The first-order valence-electron chi connectivity index (χ1n) is 4.22. The minimum Gasteiger partial charge on any atom is -0.459 e. The molecule has 0 aliphatic carbocycles. The van der Waals surface area contributed by atoms with Gasteiger partial charge >= 0.3 is 0 Å². The maximum Gasteiger partial charge on any atom is 0.291 e. The smallest absolute Gasteiger partial charge is 0.291 e. The number of nitrogens with one attached hydrogen (secondary N) is 1. The lowest BCUT2D eigenvalue weighted by molar-refractivity contribution is 0.0996. The Morgan fingerprint density at radius 2 is 2.27 bits per heavy atom. The quantitative estimate of drug-likeness (QED) is 0.795. The lowest BCUT2D eigenvalue weighted by Gasteiger charge is -2.01. The van der Waals surface area contributed by atoms with E-state index in [9.17, 15) is 4.79 Å². The largest absolute Gasteiger partial charge is 0.459 e. The van der Waals surface area contributed by atoms with Gasteiger partial charge in [0.1, 0.15) is 5.15 Å². The summed E-state index contributed by atoms with van der Waals surface area (Å²) in [5.41, 5.74) is 0.570. The molecule has 0 saturated carbocycles. The molecule has 0 bridgehead atoms. The number of nitrogens with zero attached hydrogens (tertiary/aromatic N) is 1. The van der Waals surface area contributed by atoms with Crippen molar-refractivity contribution in [2.24, 2.45) is 0 Å². The van der Waals surface area contributed by atoms with Gasteiger partial charge in [-0.2, -0.15) is 0 Å². The average molecular weight is 223 g/mol. The Kier molecular flexibility index (Phi) is 2.69. The molecule has 0 unspecified atom stereocenters. The third-order valence-electron chi connectivity index (χ3n) is 1.73. The van der Waals surface area contributed by atoms with Gasteiger partial charge < -0.3 is 9.73 Å². The molecule has 0 aliphatic heterocycles. The first-order valence-corrected chi connectivity index (χ1v) is 4.60. The summed E-state index contributed by atoms with van der Waals surface area (Å²) in [5.74, 6) is -0.0610. The highest BCUT2D eigenvalue weighted by Crippen LogP contribution is 2.11. The van der Waals surface area contributed by atoms with E-state index in [-0.39, 0.29) is 11.7 Å². The summed E-state index contributed by atoms with van der Waals surface area (Å²) in [6.45, 7) is 0. The molecule has 15 heavy (non-hydrogen) atoms. The van der Waals surface area contributed by atoms with Crippen LogP contribution < -0.4 is 5.32 Å². The molecular formula is C10H7ClN2O2. The molecule has 2 aromatic heterocycles. The molecular weight excluding hydrogens is 216 g/mol. The van der Waals surface area contributed by atoms with Crippen LogP contribution in [0.2, 0.25) is 5.15 Å². The zero-order valence-electron chi connectivity index (χ0n) is 7.61. The number of hydrogen-bond acceptors (Lipinski definition) is 3. The molecule has 2 aromatic rings. The summed E-state index contributed by atoms with van der Waals surface area (Å²) in [6, 6.07) is 6.49. The first-order chi connectivity index (χ1) is 7.25. The molecule has 2 rings (SSSR count). The van der Waals surface area contributed by atoms with Crippen molar-refractivity contribution in [2.45, 2.75) is 0 Å². The van der Waals surface area contributed by atoms with Crippen molar-refractivity contribution in [1.82, 2.24) is 4.98 Å². The third-order valence-corrected chi connectivity index (χ3v) is 1.95. The Morgan fingerprint density at radius 3 is 2.87 bits per heavy atom. The number of rotatable bonds is 2. The van der Waals surface area contributed by atoms with Crippen molar-refractivity contribution in [3.8, 4) is 0 Å². The van der Waals surface area contributed by atoms with Gasteiger partial charge in [-0.3, -0.25) is 4.79 Å². The molecule has 4 nitrogen and oxygen atoms in total. The summed E-state index contributed by atoms with van der Waals surface area (Å²) in [4.78, 5) is 15.3. The summed E-state index contributed by atoms with van der Waals surface area (Å²) < 4.78 is 4.93. The molecule has 1 N–H and O–H groups in total. The van der Waals surface area contributed by atoms with E-state index < -0.39 is 0 Å². The van der Waals surface area contributed by atoms with E-state index in [0.717, 1.165) is 0 Å². The van der Waals surface area contributed by atoms with E-state index in [0.29, 0.717) is 10.8 Å². The monoisotopic (exact) mass is 222 g/mol. The fraction of sp³-hybridized carbons (Fsp3) is 0. The number of amides is 1. The maximum absolute atomic E-state index is 11.5. The Hall–Kier alpha value is -1.81. The number of aromatic nitrogens is 1. The number of pyridine rings is 1. The molecule has 76 valence electrons. The third kappa shape index (κ3) is 2.35. The van der Waals surface area contributed by atoms with Crippen LogP contribution in [0.1, 0.15) is 10.6 Å². The van der Waals surface area contributed by atoms with Gasteiger partial charge in [0.2, 0.25) is 0 Å². The zero-order chi connectivity index (χ0) is 10.7.